The van der Waals surface area contributed by atoms with E-state index in [0.29, 0.717) is 6.04 Å². The van der Waals surface area contributed by atoms with E-state index >= 15 is 0 Å². The molecule has 2 aliphatic rings. The van der Waals surface area contributed by atoms with Crippen LogP contribution < -0.4 is 10.6 Å². The van der Waals surface area contributed by atoms with Gasteiger partial charge in [-0.05, 0) is 31.6 Å². The van der Waals surface area contributed by atoms with Crippen molar-refractivity contribution in [3.8, 4) is 0 Å². The number of carbonyl (C=O) groups excluding carboxylic acids is 1. The van der Waals surface area contributed by atoms with Gasteiger partial charge in [-0.2, -0.15) is 0 Å². The lowest BCUT2D eigenvalue weighted by Crippen LogP contribution is -2.51. The third-order valence-electron chi connectivity index (χ3n) is 2.67. The highest BCUT2D eigenvalue weighted by atomic mass is 32.2. The van der Waals surface area contributed by atoms with E-state index in [9.17, 15) is 4.79 Å². The number of hydrogen-bond acceptors (Lipinski definition) is 3. The molecule has 13 heavy (non-hydrogen) atoms. The highest BCUT2D eigenvalue weighted by Crippen LogP contribution is 2.25. The monoisotopic (exact) mass is 200 g/mol. The summed E-state index contributed by atoms with van der Waals surface area (Å²) in [6.07, 6.45) is 3.47. The van der Waals surface area contributed by atoms with Crippen LogP contribution in [0.25, 0.3) is 0 Å². The molecular formula is C9H16N2OS. The standard InChI is InChI=1S/C9H16N2OS/c12-9(8-2-1-5-13-8)11-6-7-3-4-10-7/h7-8,10H,1-6H2,(H,11,12). The summed E-state index contributed by atoms with van der Waals surface area (Å²) in [5.41, 5.74) is 0. The van der Waals surface area contributed by atoms with Crippen LogP contribution in [0.3, 0.4) is 0 Å². The van der Waals surface area contributed by atoms with Gasteiger partial charge in [0, 0.05) is 12.6 Å². The van der Waals surface area contributed by atoms with E-state index in [-0.39, 0.29) is 11.2 Å². The largest absolute Gasteiger partial charge is 0.354 e. The Morgan fingerprint density at radius 3 is 2.92 bits per heavy atom. The summed E-state index contributed by atoms with van der Waals surface area (Å²) in [7, 11) is 0. The molecule has 0 bridgehead atoms. The zero-order valence-electron chi connectivity index (χ0n) is 7.71. The van der Waals surface area contributed by atoms with Gasteiger partial charge in [0.15, 0.2) is 0 Å². The Balaban J connectivity index is 1.65. The molecule has 0 spiro atoms. The first-order chi connectivity index (χ1) is 6.36. The Labute approximate surface area is 83.0 Å². The Hall–Kier alpha value is -0.220. The molecule has 0 radical (unpaired) electrons. The molecule has 2 aliphatic heterocycles. The van der Waals surface area contributed by atoms with Gasteiger partial charge in [-0.3, -0.25) is 4.79 Å². The lowest BCUT2D eigenvalue weighted by atomic mass is 10.1. The van der Waals surface area contributed by atoms with Crippen LogP contribution in [0.4, 0.5) is 0 Å². The summed E-state index contributed by atoms with van der Waals surface area (Å²) in [6.45, 7) is 1.93. The fourth-order valence-corrected chi connectivity index (χ4v) is 2.83. The molecule has 2 fully saturated rings. The first-order valence-electron chi connectivity index (χ1n) is 4.99. The minimum atomic E-state index is 0.236. The van der Waals surface area contributed by atoms with Crippen LogP contribution in [0, 0.1) is 0 Å². The maximum Gasteiger partial charge on any atom is 0.233 e. The lowest BCUT2D eigenvalue weighted by molar-refractivity contribution is -0.120. The van der Waals surface area contributed by atoms with Crippen molar-refractivity contribution in [2.45, 2.75) is 30.6 Å². The molecule has 0 aromatic carbocycles. The van der Waals surface area contributed by atoms with E-state index in [0.717, 1.165) is 25.3 Å². The molecular weight excluding hydrogens is 184 g/mol. The topological polar surface area (TPSA) is 41.1 Å². The van der Waals surface area contributed by atoms with Gasteiger partial charge in [0.2, 0.25) is 5.91 Å². The predicted octanol–water partition coefficient (Wildman–Crippen LogP) is 0.360. The van der Waals surface area contributed by atoms with Crippen LogP contribution in [0.5, 0.6) is 0 Å². The van der Waals surface area contributed by atoms with Crippen LogP contribution in [0.1, 0.15) is 19.3 Å². The van der Waals surface area contributed by atoms with Gasteiger partial charge in [0.25, 0.3) is 0 Å². The SMILES string of the molecule is O=C(NCC1CCN1)C1CCCS1. The maximum atomic E-state index is 11.5. The molecule has 2 rings (SSSR count). The van der Waals surface area contributed by atoms with E-state index < -0.39 is 0 Å². The van der Waals surface area contributed by atoms with Crippen LogP contribution in [0.2, 0.25) is 0 Å². The van der Waals surface area contributed by atoms with Crippen molar-refractivity contribution < 1.29 is 4.79 Å². The fourth-order valence-electron chi connectivity index (χ4n) is 1.64. The number of amides is 1. The highest BCUT2D eigenvalue weighted by molar-refractivity contribution is 8.00. The summed E-state index contributed by atoms with van der Waals surface area (Å²) in [5, 5.41) is 6.51. The minimum absolute atomic E-state index is 0.236. The summed E-state index contributed by atoms with van der Waals surface area (Å²) in [5.74, 6) is 1.40. The van der Waals surface area contributed by atoms with Gasteiger partial charge in [0.1, 0.15) is 0 Å². The number of rotatable bonds is 3. The number of carbonyl (C=O) groups is 1. The molecule has 2 heterocycles. The van der Waals surface area contributed by atoms with Crippen LogP contribution in [-0.4, -0.2) is 36.0 Å². The highest BCUT2D eigenvalue weighted by Gasteiger charge is 2.24. The zero-order valence-corrected chi connectivity index (χ0v) is 8.53. The number of thioether (sulfide) groups is 1. The van der Waals surface area contributed by atoms with Crippen molar-refractivity contribution in [3.63, 3.8) is 0 Å². The molecule has 74 valence electrons. The molecule has 0 aliphatic carbocycles. The summed E-state index contributed by atoms with van der Waals surface area (Å²) >= 11 is 1.80. The molecule has 1 amide bonds. The molecule has 2 N–H and O–H groups in total. The van der Waals surface area contributed by atoms with E-state index in [1.165, 1.54) is 12.8 Å². The van der Waals surface area contributed by atoms with Gasteiger partial charge in [-0.1, -0.05) is 0 Å². The van der Waals surface area contributed by atoms with Crippen LogP contribution in [0.15, 0.2) is 0 Å². The van der Waals surface area contributed by atoms with Crippen molar-refractivity contribution in [2.24, 2.45) is 0 Å². The van der Waals surface area contributed by atoms with Gasteiger partial charge in [0.05, 0.1) is 5.25 Å². The molecule has 0 aromatic rings. The second kappa shape index (κ2) is 4.33. The molecule has 2 atom stereocenters. The van der Waals surface area contributed by atoms with E-state index in [1.54, 1.807) is 11.8 Å². The van der Waals surface area contributed by atoms with Crippen molar-refractivity contribution in [3.05, 3.63) is 0 Å². The fraction of sp³-hybridized carbons (Fsp3) is 0.889. The average Bonchev–Trinajstić information content (AvgIpc) is 2.52. The van der Waals surface area contributed by atoms with E-state index in [2.05, 4.69) is 10.6 Å². The smallest absolute Gasteiger partial charge is 0.233 e. The Kier molecular flexibility index (Phi) is 3.11. The third kappa shape index (κ3) is 2.38. The first kappa shape index (κ1) is 9.34. The van der Waals surface area contributed by atoms with Gasteiger partial charge < -0.3 is 10.6 Å². The van der Waals surface area contributed by atoms with Crippen LogP contribution in [-0.2, 0) is 4.79 Å². The predicted molar refractivity (Wildman–Crippen MR) is 54.9 cm³/mol. The van der Waals surface area contributed by atoms with Crippen molar-refractivity contribution in [2.75, 3.05) is 18.8 Å². The van der Waals surface area contributed by atoms with E-state index in [4.69, 9.17) is 0 Å². The minimum Gasteiger partial charge on any atom is -0.354 e. The second-order valence-corrected chi connectivity index (χ2v) is 5.00. The Bertz CT molecular complexity index is 188. The summed E-state index contributed by atoms with van der Waals surface area (Å²) < 4.78 is 0. The van der Waals surface area contributed by atoms with Gasteiger partial charge >= 0.3 is 0 Å². The molecule has 0 aromatic heterocycles. The maximum absolute atomic E-state index is 11.5. The lowest BCUT2D eigenvalue weighted by Gasteiger charge is -2.28. The zero-order chi connectivity index (χ0) is 9.10. The van der Waals surface area contributed by atoms with Gasteiger partial charge in [-0.15, -0.1) is 11.8 Å². The third-order valence-corrected chi connectivity index (χ3v) is 4.05. The summed E-state index contributed by atoms with van der Waals surface area (Å²) in [6, 6.07) is 0.537. The molecule has 3 nitrogen and oxygen atoms in total. The molecule has 2 saturated heterocycles. The number of nitrogens with one attached hydrogen (secondary N) is 2. The van der Waals surface area contributed by atoms with Crippen molar-refractivity contribution in [1.29, 1.82) is 0 Å². The molecule has 4 heteroatoms. The Morgan fingerprint density at radius 2 is 2.38 bits per heavy atom. The van der Waals surface area contributed by atoms with E-state index in [1.807, 2.05) is 0 Å². The summed E-state index contributed by atoms with van der Waals surface area (Å²) in [4.78, 5) is 11.5. The molecule has 0 saturated carbocycles. The first-order valence-corrected chi connectivity index (χ1v) is 6.04. The van der Waals surface area contributed by atoms with Crippen LogP contribution >= 0.6 is 11.8 Å². The molecule has 2 unspecified atom stereocenters. The number of hydrogen-bond donors (Lipinski definition) is 2. The quantitative estimate of drug-likeness (QED) is 0.691. The normalized spacial score (nSPS) is 32.6. The Morgan fingerprint density at radius 1 is 1.54 bits per heavy atom. The second-order valence-electron chi connectivity index (χ2n) is 3.69. The van der Waals surface area contributed by atoms with Gasteiger partial charge in [-0.25, -0.2) is 0 Å². The van der Waals surface area contributed by atoms with Crippen molar-refractivity contribution in [1.82, 2.24) is 10.6 Å². The van der Waals surface area contributed by atoms with Crippen molar-refractivity contribution >= 4 is 17.7 Å². The average molecular weight is 200 g/mol.